The smallest absolute Gasteiger partial charge is 0.236 e. The van der Waals surface area contributed by atoms with Crippen molar-refractivity contribution in [2.75, 3.05) is 11.4 Å². The van der Waals surface area contributed by atoms with Crippen LogP contribution in [0.2, 0.25) is 0 Å². The van der Waals surface area contributed by atoms with E-state index in [1.165, 1.54) is 12.1 Å². The molecule has 0 bridgehead atoms. The molecule has 7 nitrogen and oxygen atoms in total. The molecule has 3 heterocycles. The molecule has 3 aromatic rings. The largest absolute Gasteiger partial charge is 0.353 e. The van der Waals surface area contributed by atoms with Crippen molar-refractivity contribution < 1.29 is 9.18 Å². The summed E-state index contributed by atoms with van der Waals surface area (Å²) in [5.41, 5.74) is 0.881. The molecule has 0 saturated carbocycles. The number of halogens is 1. The molecule has 156 valence electrons. The number of nitrogens with one attached hydrogen (secondary N) is 1. The molecule has 2 aromatic heterocycles. The van der Waals surface area contributed by atoms with E-state index in [1.807, 2.05) is 13.0 Å². The van der Waals surface area contributed by atoms with Crippen LogP contribution in [0.5, 0.6) is 0 Å². The second kappa shape index (κ2) is 9.02. The Balaban J connectivity index is 1.44. The van der Waals surface area contributed by atoms with Crippen molar-refractivity contribution in [3.63, 3.8) is 0 Å². The van der Waals surface area contributed by atoms with E-state index < -0.39 is 0 Å². The van der Waals surface area contributed by atoms with E-state index >= 15 is 0 Å². The van der Waals surface area contributed by atoms with E-state index in [2.05, 4.69) is 25.2 Å². The number of imidazole rings is 1. The predicted molar refractivity (Wildman–Crippen MR) is 112 cm³/mol. The quantitative estimate of drug-likeness (QED) is 0.676. The van der Waals surface area contributed by atoms with Crippen LogP contribution in [0.4, 0.5) is 10.2 Å². The van der Waals surface area contributed by atoms with E-state index in [4.69, 9.17) is 0 Å². The average Bonchev–Trinajstić information content (AvgIpc) is 3.30. The standard InChI is InChI=1S/C22H25FN6O/c1-16(17-5-7-18(23)8-6-17)26-21(30)14-19-4-2-3-12-29(19)20-9-10-25-22(27-20)28-13-11-24-15-28/h5-11,13,15-16,19H,2-4,12,14H2,1H3,(H,26,30). The number of rotatable bonds is 6. The van der Waals surface area contributed by atoms with Crippen molar-refractivity contribution in [2.24, 2.45) is 0 Å². The number of hydrogen-bond acceptors (Lipinski definition) is 5. The van der Waals surface area contributed by atoms with Crippen LogP contribution in [0.3, 0.4) is 0 Å². The maximum atomic E-state index is 13.1. The van der Waals surface area contributed by atoms with Crippen LogP contribution in [-0.2, 0) is 4.79 Å². The second-order valence-corrected chi connectivity index (χ2v) is 7.57. The number of benzene rings is 1. The number of aromatic nitrogens is 4. The minimum atomic E-state index is -0.282. The number of nitrogens with zero attached hydrogens (tertiary/aromatic N) is 5. The van der Waals surface area contributed by atoms with Crippen LogP contribution < -0.4 is 10.2 Å². The lowest BCUT2D eigenvalue weighted by molar-refractivity contribution is -0.122. The summed E-state index contributed by atoms with van der Waals surface area (Å²) in [6.45, 7) is 2.76. The first-order valence-corrected chi connectivity index (χ1v) is 10.2. The highest BCUT2D eigenvalue weighted by atomic mass is 19.1. The zero-order valence-electron chi connectivity index (χ0n) is 16.9. The van der Waals surface area contributed by atoms with E-state index in [0.717, 1.165) is 37.2 Å². The fourth-order valence-corrected chi connectivity index (χ4v) is 3.86. The number of piperidine rings is 1. The van der Waals surface area contributed by atoms with E-state index in [1.54, 1.807) is 41.6 Å². The van der Waals surface area contributed by atoms with Gasteiger partial charge in [-0.05, 0) is 49.9 Å². The summed E-state index contributed by atoms with van der Waals surface area (Å²) in [7, 11) is 0. The van der Waals surface area contributed by atoms with Crippen molar-refractivity contribution >= 4 is 11.7 Å². The molecule has 1 aromatic carbocycles. The van der Waals surface area contributed by atoms with Gasteiger partial charge in [-0.3, -0.25) is 9.36 Å². The normalized spacial score (nSPS) is 17.5. The van der Waals surface area contributed by atoms with Gasteiger partial charge in [-0.25, -0.2) is 14.4 Å². The lowest BCUT2D eigenvalue weighted by atomic mass is 9.98. The summed E-state index contributed by atoms with van der Waals surface area (Å²) in [6, 6.07) is 8.00. The Morgan fingerprint density at radius 2 is 2.07 bits per heavy atom. The summed E-state index contributed by atoms with van der Waals surface area (Å²) >= 11 is 0. The van der Waals surface area contributed by atoms with Crippen molar-refractivity contribution in [1.82, 2.24) is 24.8 Å². The summed E-state index contributed by atoms with van der Waals surface area (Å²) < 4.78 is 14.9. The van der Waals surface area contributed by atoms with Crippen LogP contribution in [0, 0.1) is 5.82 Å². The molecule has 0 radical (unpaired) electrons. The lowest BCUT2D eigenvalue weighted by Crippen LogP contribution is -2.43. The molecule has 1 fully saturated rings. The Hall–Kier alpha value is -3.29. The minimum Gasteiger partial charge on any atom is -0.353 e. The van der Waals surface area contributed by atoms with Crippen molar-refractivity contribution in [1.29, 1.82) is 0 Å². The van der Waals surface area contributed by atoms with Gasteiger partial charge in [0.2, 0.25) is 11.9 Å². The number of anilines is 1. The minimum absolute atomic E-state index is 0.0207. The van der Waals surface area contributed by atoms with Gasteiger partial charge in [0.15, 0.2) is 0 Å². The highest BCUT2D eigenvalue weighted by Crippen LogP contribution is 2.26. The molecule has 1 N–H and O–H groups in total. The molecular weight excluding hydrogens is 383 g/mol. The van der Waals surface area contributed by atoms with E-state index in [9.17, 15) is 9.18 Å². The van der Waals surface area contributed by atoms with Gasteiger partial charge in [-0.2, -0.15) is 4.98 Å². The topological polar surface area (TPSA) is 75.9 Å². The third-order valence-electron chi connectivity index (χ3n) is 5.45. The van der Waals surface area contributed by atoms with Gasteiger partial charge < -0.3 is 10.2 Å². The Kier molecular flexibility index (Phi) is 6.02. The van der Waals surface area contributed by atoms with Gasteiger partial charge in [0.05, 0.1) is 6.04 Å². The number of carbonyl (C=O) groups is 1. The highest BCUT2D eigenvalue weighted by Gasteiger charge is 2.26. The molecule has 0 aliphatic carbocycles. The van der Waals surface area contributed by atoms with E-state index in [0.29, 0.717) is 12.4 Å². The van der Waals surface area contributed by atoms with Gasteiger partial charge in [0, 0.05) is 37.6 Å². The van der Waals surface area contributed by atoms with Gasteiger partial charge in [-0.1, -0.05) is 12.1 Å². The fraction of sp³-hybridized carbons (Fsp3) is 0.364. The van der Waals surface area contributed by atoms with Crippen LogP contribution in [0.15, 0.2) is 55.2 Å². The zero-order valence-corrected chi connectivity index (χ0v) is 16.9. The molecule has 1 aliphatic rings. The number of amides is 1. The molecule has 1 amide bonds. The highest BCUT2D eigenvalue weighted by molar-refractivity contribution is 5.77. The van der Waals surface area contributed by atoms with Gasteiger partial charge in [0.25, 0.3) is 0 Å². The van der Waals surface area contributed by atoms with Gasteiger partial charge >= 0.3 is 0 Å². The number of hydrogen-bond donors (Lipinski definition) is 1. The Morgan fingerprint density at radius 1 is 1.23 bits per heavy atom. The van der Waals surface area contributed by atoms with Crippen molar-refractivity contribution in [2.45, 2.75) is 44.7 Å². The lowest BCUT2D eigenvalue weighted by Gasteiger charge is -2.36. The molecule has 1 saturated heterocycles. The molecule has 1 aliphatic heterocycles. The summed E-state index contributed by atoms with van der Waals surface area (Å²) in [4.78, 5) is 28.0. The molecule has 4 rings (SSSR count). The van der Waals surface area contributed by atoms with E-state index in [-0.39, 0.29) is 23.8 Å². The molecule has 2 unspecified atom stereocenters. The van der Waals surface area contributed by atoms with Crippen molar-refractivity contribution in [3.8, 4) is 5.95 Å². The predicted octanol–water partition coefficient (Wildman–Crippen LogP) is 3.43. The van der Waals surface area contributed by atoms with Crippen LogP contribution in [-0.4, -0.2) is 38.0 Å². The monoisotopic (exact) mass is 408 g/mol. The van der Waals surface area contributed by atoms with Crippen LogP contribution >= 0.6 is 0 Å². The first kappa shape index (κ1) is 20.0. The number of carbonyl (C=O) groups excluding carboxylic acids is 1. The molecule has 30 heavy (non-hydrogen) atoms. The summed E-state index contributed by atoms with van der Waals surface area (Å²) in [5, 5.41) is 3.04. The Labute approximate surface area is 175 Å². The molecule has 8 heteroatoms. The summed E-state index contributed by atoms with van der Waals surface area (Å²) in [5.74, 6) is 1.07. The Morgan fingerprint density at radius 3 is 2.83 bits per heavy atom. The zero-order chi connectivity index (χ0) is 20.9. The van der Waals surface area contributed by atoms with Gasteiger partial charge in [-0.15, -0.1) is 0 Å². The fourth-order valence-electron chi connectivity index (χ4n) is 3.86. The molecule has 2 atom stereocenters. The van der Waals surface area contributed by atoms with Crippen LogP contribution in [0.1, 0.15) is 44.2 Å². The first-order chi connectivity index (χ1) is 14.6. The Bertz CT molecular complexity index is 976. The first-order valence-electron chi connectivity index (χ1n) is 10.2. The molecule has 0 spiro atoms. The average molecular weight is 408 g/mol. The SMILES string of the molecule is CC(NC(=O)CC1CCCCN1c1ccnc(-n2ccnc2)n1)c1ccc(F)cc1. The third-order valence-corrected chi connectivity index (χ3v) is 5.45. The molecular formula is C22H25FN6O. The third kappa shape index (κ3) is 4.64. The maximum Gasteiger partial charge on any atom is 0.236 e. The maximum absolute atomic E-state index is 13.1. The second-order valence-electron chi connectivity index (χ2n) is 7.57. The van der Waals surface area contributed by atoms with Gasteiger partial charge in [0.1, 0.15) is 18.0 Å². The van der Waals surface area contributed by atoms with Crippen LogP contribution in [0.25, 0.3) is 5.95 Å². The van der Waals surface area contributed by atoms with Crippen molar-refractivity contribution in [3.05, 3.63) is 66.6 Å². The summed E-state index contributed by atoms with van der Waals surface area (Å²) in [6.07, 6.45) is 10.4.